The van der Waals surface area contributed by atoms with E-state index < -0.39 is 12.1 Å². The number of carboxylic acids is 1. The molecular weight excluding hydrogens is 380 g/mol. The number of rotatable bonds is 11. The molecule has 6 heteroatoms. The molecule has 3 atom stereocenters. The number of aliphatic hydroxyl groups is 1. The van der Waals surface area contributed by atoms with E-state index in [4.69, 9.17) is 21.4 Å². The number of aliphatic carboxylic acids is 1. The molecule has 2 N–H and O–H groups in total. The van der Waals surface area contributed by atoms with Crippen molar-refractivity contribution in [1.29, 1.82) is 0 Å². The molecule has 0 bridgehead atoms. The van der Waals surface area contributed by atoms with E-state index in [2.05, 4.69) is 0 Å². The monoisotopic (exact) mass is 406 g/mol. The number of benzene rings is 1. The maximum atomic E-state index is 12.1. The molecule has 5 nitrogen and oxygen atoms in total. The molecule has 1 unspecified atom stereocenters. The number of hydrogen-bond acceptors (Lipinski definition) is 4. The van der Waals surface area contributed by atoms with Crippen LogP contribution in [0.5, 0.6) is 5.75 Å². The summed E-state index contributed by atoms with van der Waals surface area (Å²) >= 11 is 5.90. The summed E-state index contributed by atoms with van der Waals surface area (Å²) < 4.78 is 5.53. The first-order chi connectivity index (χ1) is 13.5. The highest BCUT2D eigenvalue weighted by Crippen LogP contribution is 2.33. The number of carbonyl (C=O) groups excluding carboxylic acids is 1. The minimum atomic E-state index is -0.807. The Morgan fingerprint density at radius 2 is 2.11 bits per heavy atom. The van der Waals surface area contributed by atoms with Gasteiger partial charge in [0, 0.05) is 23.8 Å². The topological polar surface area (TPSA) is 83.8 Å². The van der Waals surface area contributed by atoms with Gasteiger partial charge in [0.15, 0.2) is 0 Å². The van der Waals surface area contributed by atoms with E-state index in [-0.39, 0.29) is 30.6 Å². The molecule has 152 valence electrons. The molecule has 1 aromatic rings. The molecule has 1 aromatic carbocycles. The largest absolute Gasteiger partial charge is 0.491 e. The molecule has 0 saturated heterocycles. The Morgan fingerprint density at radius 3 is 2.86 bits per heavy atom. The Kier molecular flexibility index (Phi) is 9.24. The fourth-order valence-corrected chi connectivity index (χ4v) is 3.50. The Balaban J connectivity index is 1.77. The molecule has 0 spiro atoms. The first-order valence-corrected chi connectivity index (χ1v) is 9.97. The molecule has 0 amide bonds. The summed E-state index contributed by atoms with van der Waals surface area (Å²) in [6.07, 6.45) is 10.2. The van der Waals surface area contributed by atoms with Crippen molar-refractivity contribution >= 4 is 23.4 Å². The van der Waals surface area contributed by atoms with E-state index in [0.29, 0.717) is 23.6 Å². The predicted molar refractivity (Wildman–Crippen MR) is 109 cm³/mol. The minimum absolute atomic E-state index is 0.0403. The lowest BCUT2D eigenvalue weighted by Gasteiger charge is -2.15. The highest BCUT2D eigenvalue weighted by Gasteiger charge is 2.32. The van der Waals surface area contributed by atoms with Gasteiger partial charge >= 0.3 is 5.97 Å². The van der Waals surface area contributed by atoms with E-state index >= 15 is 0 Å². The van der Waals surface area contributed by atoms with Gasteiger partial charge in [-0.3, -0.25) is 9.59 Å². The molecule has 1 aliphatic rings. The second kappa shape index (κ2) is 11.7. The third kappa shape index (κ3) is 7.87. The van der Waals surface area contributed by atoms with Crippen LogP contribution >= 0.6 is 11.6 Å². The van der Waals surface area contributed by atoms with Crippen molar-refractivity contribution in [3.63, 3.8) is 0 Å². The average molecular weight is 407 g/mol. The van der Waals surface area contributed by atoms with E-state index in [1.807, 2.05) is 18.2 Å². The summed E-state index contributed by atoms with van der Waals surface area (Å²) in [5, 5.41) is 19.3. The zero-order valence-electron chi connectivity index (χ0n) is 15.8. The quantitative estimate of drug-likeness (QED) is 0.531. The smallest absolute Gasteiger partial charge is 0.303 e. The molecule has 0 radical (unpaired) electrons. The van der Waals surface area contributed by atoms with Crippen LogP contribution in [0.2, 0.25) is 5.02 Å². The number of carboxylic acid groups (broad SMARTS) is 1. The molecule has 2 rings (SSSR count). The summed E-state index contributed by atoms with van der Waals surface area (Å²) in [6.45, 7) is 0.120. The maximum absolute atomic E-state index is 12.1. The number of Topliss-reactive ketones (excluding diaryl/α,β-unsaturated/α-hetero) is 1. The number of ether oxygens (including phenoxy) is 1. The van der Waals surface area contributed by atoms with Crippen LogP contribution in [0.15, 0.2) is 48.6 Å². The fraction of sp³-hybridized carbons (Fsp3) is 0.455. The van der Waals surface area contributed by atoms with Crippen molar-refractivity contribution in [2.24, 2.45) is 11.8 Å². The van der Waals surface area contributed by atoms with Gasteiger partial charge in [-0.05, 0) is 49.8 Å². The standard InChI is InChI=1S/C22H27ClO5/c23-17-6-5-7-19(14-17)28-15-18(24)12-10-16-11-13-21(25)20(16)8-3-1-2-4-9-22(26)27/h1-2,5-7,10,12,14,16,18,20,24H,3-4,8-9,11,13,15H2,(H,26,27)/t16-,18?,20-/m0/s1. The van der Waals surface area contributed by atoms with Crippen molar-refractivity contribution in [3.05, 3.63) is 53.6 Å². The van der Waals surface area contributed by atoms with Crippen LogP contribution in [0.4, 0.5) is 0 Å². The molecule has 1 aliphatic carbocycles. The predicted octanol–water partition coefficient (Wildman–Crippen LogP) is 4.43. The van der Waals surface area contributed by atoms with Crippen molar-refractivity contribution in [2.45, 2.75) is 44.6 Å². The lowest BCUT2D eigenvalue weighted by molar-refractivity contribution is -0.136. The van der Waals surface area contributed by atoms with Crippen molar-refractivity contribution in [3.8, 4) is 5.75 Å². The highest BCUT2D eigenvalue weighted by atomic mass is 35.5. The number of allylic oxidation sites excluding steroid dienone is 3. The normalized spacial score (nSPS) is 20.9. The minimum Gasteiger partial charge on any atom is -0.491 e. The average Bonchev–Trinajstić information content (AvgIpc) is 3.01. The van der Waals surface area contributed by atoms with Gasteiger partial charge in [-0.1, -0.05) is 42.0 Å². The van der Waals surface area contributed by atoms with Crippen LogP contribution in [-0.4, -0.2) is 34.7 Å². The lowest BCUT2D eigenvalue weighted by atomic mass is 9.90. The summed E-state index contributed by atoms with van der Waals surface area (Å²) in [5.41, 5.74) is 0. The van der Waals surface area contributed by atoms with Crippen LogP contribution in [0.3, 0.4) is 0 Å². The Morgan fingerprint density at radius 1 is 1.32 bits per heavy atom. The van der Waals surface area contributed by atoms with Gasteiger partial charge in [-0.2, -0.15) is 0 Å². The van der Waals surface area contributed by atoms with E-state index in [0.717, 1.165) is 19.3 Å². The van der Waals surface area contributed by atoms with E-state index in [1.165, 1.54) is 0 Å². The molecule has 1 fully saturated rings. The fourth-order valence-electron chi connectivity index (χ4n) is 3.32. The summed E-state index contributed by atoms with van der Waals surface area (Å²) in [7, 11) is 0. The summed E-state index contributed by atoms with van der Waals surface area (Å²) in [5.74, 6) is 0.141. The summed E-state index contributed by atoms with van der Waals surface area (Å²) in [4.78, 5) is 22.6. The van der Waals surface area contributed by atoms with Crippen LogP contribution < -0.4 is 4.74 Å². The van der Waals surface area contributed by atoms with Gasteiger partial charge < -0.3 is 14.9 Å². The number of halogens is 1. The molecule has 0 aliphatic heterocycles. The first-order valence-electron chi connectivity index (χ1n) is 9.60. The molecule has 1 saturated carbocycles. The second-order valence-corrected chi connectivity index (χ2v) is 7.41. The van der Waals surface area contributed by atoms with Gasteiger partial charge in [0.2, 0.25) is 0 Å². The lowest BCUT2D eigenvalue weighted by Crippen LogP contribution is -2.17. The van der Waals surface area contributed by atoms with Gasteiger partial charge in [0.25, 0.3) is 0 Å². The SMILES string of the molecule is O=C(O)CCC=CCC[C@@H]1C(=O)CC[C@@H]1C=CC(O)COc1cccc(Cl)c1. The van der Waals surface area contributed by atoms with Gasteiger partial charge in [-0.25, -0.2) is 0 Å². The number of hydrogen-bond donors (Lipinski definition) is 2. The Bertz CT molecular complexity index is 713. The maximum Gasteiger partial charge on any atom is 0.303 e. The third-order valence-electron chi connectivity index (χ3n) is 4.79. The molecule has 28 heavy (non-hydrogen) atoms. The van der Waals surface area contributed by atoms with Gasteiger partial charge in [-0.15, -0.1) is 0 Å². The van der Waals surface area contributed by atoms with E-state index in [1.54, 1.807) is 30.3 Å². The van der Waals surface area contributed by atoms with Gasteiger partial charge in [0.1, 0.15) is 24.2 Å². The van der Waals surface area contributed by atoms with Crippen molar-refractivity contribution < 1.29 is 24.5 Å². The highest BCUT2D eigenvalue weighted by molar-refractivity contribution is 6.30. The van der Waals surface area contributed by atoms with Crippen LogP contribution in [0.1, 0.15) is 38.5 Å². The van der Waals surface area contributed by atoms with Crippen LogP contribution in [0.25, 0.3) is 0 Å². The molecular formula is C22H27ClO5. The number of ketones is 1. The second-order valence-electron chi connectivity index (χ2n) is 6.98. The number of carbonyl (C=O) groups is 2. The third-order valence-corrected chi connectivity index (χ3v) is 5.02. The molecule has 0 heterocycles. The summed E-state index contributed by atoms with van der Waals surface area (Å²) in [6, 6.07) is 7.00. The van der Waals surface area contributed by atoms with Crippen molar-refractivity contribution in [1.82, 2.24) is 0 Å². The zero-order chi connectivity index (χ0) is 20.4. The first kappa shape index (κ1) is 22.2. The van der Waals surface area contributed by atoms with Crippen LogP contribution in [0, 0.1) is 11.8 Å². The Labute approximate surface area is 170 Å². The van der Waals surface area contributed by atoms with Crippen molar-refractivity contribution in [2.75, 3.05) is 6.61 Å². The van der Waals surface area contributed by atoms with Gasteiger partial charge in [0.05, 0.1) is 0 Å². The Hall–Kier alpha value is -2.11. The van der Waals surface area contributed by atoms with E-state index in [9.17, 15) is 14.7 Å². The zero-order valence-corrected chi connectivity index (χ0v) is 16.6. The number of aliphatic hydroxyl groups excluding tert-OH is 1. The van der Waals surface area contributed by atoms with Crippen LogP contribution in [-0.2, 0) is 9.59 Å². The molecule has 0 aromatic heterocycles.